The van der Waals surface area contributed by atoms with Gasteiger partial charge in [0, 0.05) is 5.69 Å². The first-order valence-corrected chi connectivity index (χ1v) is 6.67. The topological polar surface area (TPSA) is 61.4 Å². The fraction of sp³-hybridized carbons (Fsp3) is 0.533. The SMILES string of the molecule is Cc1cc(C)cc(NC(=O)NC(CO)CC(C)C)c1. The minimum Gasteiger partial charge on any atom is -0.394 e. The quantitative estimate of drug-likeness (QED) is 0.766. The Hall–Kier alpha value is -1.55. The minimum absolute atomic E-state index is 0.0432. The van der Waals surface area contributed by atoms with Crippen molar-refractivity contribution in [3.05, 3.63) is 29.3 Å². The second kappa shape index (κ2) is 7.14. The van der Waals surface area contributed by atoms with Gasteiger partial charge in [-0.2, -0.15) is 0 Å². The maximum Gasteiger partial charge on any atom is 0.319 e. The van der Waals surface area contributed by atoms with Crippen LogP contribution in [0.4, 0.5) is 10.5 Å². The Kier molecular flexibility index (Phi) is 5.83. The lowest BCUT2D eigenvalue weighted by atomic mass is 10.0. The van der Waals surface area contributed by atoms with Crippen LogP contribution in [-0.2, 0) is 0 Å². The fourth-order valence-corrected chi connectivity index (χ4v) is 2.15. The van der Waals surface area contributed by atoms with Gasteiger partial charge in [-0.3, -0.25) is 0 Å². The standard InChI is InChI=1S/C15H24N2O2/c1-10(2)5-14(9-18)17-15(19)16-13-7-11(3)6-12(4)8-13/h6-8,10,14,18H,5,9H2,1-4H3,(H2,16,17,19). The molecule has 4 nitrogen and oxygen atoms in total. The molecule has 0 spiro atoms. The number of anilines is 1. The van der Waals surface area contributed by atoms with Crippen molar-refractivity contribution in [3.8, 4) is 0 Å². The molecule has 1 atom stereocenters. The number of aliphatic hydroxyl groups excluding tert-OH is 1. The zero-order chi connectivity index (χ0) is 14.4. The molecule has 19 heavy (non-hydrogen) atoms. The molecule has 106 valence electrons. The van der Waals surface area contributed by atoms with Crippen LogP contribution in [0.5, 0.6) is 0 Å². The van der Waals surface area contributed by atoms with Gasteiger partial charge >= 0.3 is 6.03 Å². The van der Waals surface area contributed by atoms with Crippen LogP contribution < -0.4 is 10.6 Å². The van der Waals surface area contributed by atoms with Crippen LogP contribution in [-0.4, -0.2) is 23.8 Å². The number of benzene rings is 1. The number of aryl methyl sites for hydroxylation is 2. The van der Waals surface area contributed by atoms with Gasteiger partial charge in [0.05, 0.1) is 12.6 Å². The highest BCUT2D eigenvalue weighted by Gasteiger charge is 2.13. The number of nitrogens with one attached hydrogen (secondary N) is 2. The number of urea groups is 1. The molecule has 0 aliphatic heterocycles. The van der Waals surface area contributed by atoms with Crippen LogP contribution in [0.15, 0.2) is 18.2 Å². The maximum absolute atomic E-state index is 11.9. The van der Waals surface area contributed by atoms with E-state index in [0.717, 1.165) is 23.2 Å². The van der Waals surface area contributed by atoms with Crippen molar-refractivity contribution in [1.82, 2.24) is 5.32 Å². The predicted octanol–water partition coefficient (Wildman–Crippen LogP) is 2.83. The van der Waals surface area contributed by atoms with E-state index in [9.17, 15) is 9.90 Å². The average molecular weight is 264 g/mol. The molecule has 0 aliphatic rings. The first-order valence-electron chi connectivity index (χ1n) is 6.67. The molecule has 0 bridgehead atoms. The molecule has 0 saturated heterocycles. The lowest BCUT2D eigenvalue weighted by molar-refractivity contribution is 0.214. The van der Waals surface area contributed by atoms with Gasteiger partial charge in [0.25, 0.3) is 0 Å². The van der Waals surface area contributed by atoms with Crippen LogP contribution in [0.1, 0.15) is 31.4 Å². The van der Waals surface area contributed by atoms with Gasteiger partial charge in [-0.25, -0.2) is 4.79 Å². The zero-order valence-corrected chi connectivity index (χ0v) is 12.2. The van der Waals surface area contributed by atoms with Crippen molar-refractivity contribution in [1.29, 1.82) is 0 Å². The van der Waals surface area contributed by atoms with Gasteiger partial charge < -0.3 is 15.7 Å². The van der Waals surface area contributed by atoms with Gasteiger partial charge in [0.2, 0.25) is 0 Å². The van der Waals surface area contributed by atoms with Gasteiger partial charge in [-0.15, -0.1) is 0 Å². The van der Waals surface area contributed by atoms with E-state index in [4.69, 9.17) is 0 Å². The smallest absolute Gasteiger partial charge is 0.319 e. The summed E-state index contributed by atoms with van der Waals surface area (Å²) in [5.74, 6) is 0.429. The number of carbonyl (C=O) groups excluding carboxylic acids is 1. The van der Waals surface area contributed by atoms with E-state index in [2.05, 4.69) is 30.5 Å². The summed E-state index contributed by atoms with van der Waals surface area (Å²) < 4.78 is 0. The fourth-order valence-electron chi connectivity index (χ4n) is 2.15. The number of carbonyl (C=O) groups is 1. The minimum atomic E-state index is -0.273. The lowest BCUT2D eigenvalue weighted by Crippen LogP contribution is -2.41. The molecule has 1 unspecified atom stereocenters. The van der Waals surface area contributed by atoms with E-state index in [1.54, 1.807) is 0 Å². The molecule has 0 radical (unpaired) electrons. The molecule has 0 fully saturated rings. The van der Waals surface area contributed by atoms with Crippen molar-refractivity contribution >= 4 is 11.7 Å². The highest BCUT2D eigenvalue weighted by atomic mass is 16.3. The van der Waals surface area contributed by atoms with Gasteiger partial charge in [-0.1, -0.05) is 19.9 Å². The molecule has 1 aromatic rings. The van der Waals surface area contributed by atoms with Crippen molar-refractivity contribution in [3.63, 3.8) is 0 Å². The van der Waals surface area contributed by atoms with Crippen LogP contribution in [0, 0.1) is 19.8 Å². The number of amides is 2. The average Bonchev–Trinajstić information content (AvgIpc) is 2.25. The Morgan fingerprint density at radius 2 is 1.79 bits per heavy atom. The Labute approximate surface area is 115 Å². The third kappa shape index (κ3) is 5.75. The van der Waals surface area contributed by atoms with E-state index in [1.807, 2.05) is 26.0 Å². The summed E-state index contributed by atoms with van der Waals surface area (Å²) >= 11 is 0. The van der Waals surface area contributed by atoms with Crippen molar-refractivity contribution in [2.45, 2.75) is 40.2 Å². The molecule has 0 aliphatic carbocycles. The van der Waals surface area contributed by atoms with E-state index in [0.29, 0.717) is 5.92 Å². The molecule has 4 heteroatoms. The normalized spacial score (nSPS) is 12.3. The predicted molar refractivity (Wildman–Crippen MR) is 78.4 cm³/mol. The summed E-state index contributed by atoms with van der Waals surface area (Å²) in [4.78, 5) is 11.9. The van der Waals surface area contributed by atoms with Crippen LogP contribution in [0.2, 0.25) is 0 Å². The Morgan fingerprint density at radius 1 is 1.21 bits per heavy atom. The molecule has 0 saturated carbocycles. The van der Waals surface area contributed by atoms with Crippen molar-refractivity contribution < 1.29 is 9.90 Å². The molecule has 1 rings (SSSR count). The third-order valence-corrected chi connectivity index (χ3v) is 2.79. The molecular weight excluding hydrogens is 240 g/mol. The number of hydrogen-bond acceptors (Lipinski definition) is 2. The molecule has 3 N–H and O–H groups in total. The van der Waals surface area contributed by atoms with E-state index in [-0.39, 0.29) is 18.7 Å². The van der Waals surface area contributed by atoms with Crippen LogP contribution in [0.3, 0.4) is 0 Å². The third-order valence-electron chi connectivity index (χ3n) is 2.79. The Bertz CT molecular complexity index is 410. The first-order chi connectivity index (χ1) is 8.90. The van der Waals surface area contributed by atoms with Gasteiger partial charge in [0.15, 0.2) is 0 Å². The number of hydrogen-bond donors (Lipinski definition) is 3. The Balaban J connectivity index is 2.58. The van der Waals surface area contributed by atoms with E-state index >= 15 is 0 Å². The highest BCUT2D eigenvalue weighted by molar-refractivity contribution is 5.89. The summed E-state index contributed by atoms with van der Waals surface area (Å²) in [5.41, 5.74) is 2.99. The van der Waals surface area contributed by atoms with Crippen molar-refractivity contribution in [2.24, 2.45) is 5.92 Å². The largest absolute Gasteiger partial charge is 0.394 e. The summed E-state index contributed by atoms with van der Waals surface area (Å²) in [5, 5.41) is 14.8. The highest BCUT2D eigenvalue weighted by Crippen LogP contribution is 2.13. The summed E-state index contributed by atoms with van der Waals surface area (Å²) in [6.45, 7) is 8.06. The van der Waals surface area contributed by atoms with Gasteiger partial charge in [-0.05, 0) is 49.4 Å². The summed E-state index contributed by atoms with van der Waals surface area (Å²) in [6.07, 6.45) is 0.761. The summed E-state index contributed by atoms with van der Waals surface area (Å²) in [7, 11) is 0. The lowest BCUT2D eigenvalue weighted by Gasteiger charge is -2.18. The second-order valence-electron chi connectivity index (χ2n) is 5.48. The molecular formula is C15H24N2O2. The molecule has 0 aromatic heterocycles. The maximum atomic E-state index is 11.9. The molecule has 1 aromatic carbocycles. The van der Waals surface area contributed by atoms with E-state index < -0.39 is 0 Å². The number of rotatable bonds is 5. The zero-order valence-electron chi connectivity index (χ0n) is 12.2. The second-order valence-corrected chi connectivity index (χ2v) is 5.48. The molecule has 2 amide bonds. The first kappa shape index (κ1) is 15.5. The van der Waals surface area contributed by atoms with Crippen LogP contribution in [0.25, 0.3) is 0 Å². The number of aliphatic hydroxyl groups is 1. The van der Waals surface area contributed by atoms with Gasteiger partial charge in [0.1, 0.15) is 0 Å². The van der Waals surface area contributed by atoms with Crippen molar-refractivity contribution in [2.75, 3.05) is 11.9 Å². The Morgan fingerprint density at radius 3 is 2.26 bits per heavy atom. The summed E-state index contributed by atoms with van der Waals surface area (Å²) in [6, 6.07) is 5.42. The molecule has 0 heterocycles. The van der Waals surface area contributed by atoms with E-state index in [1.165, 1.54) is 0 Å². The monoisotopic (exact) mass is 264 g/mol. The van der Waals surface area contributed by atoms with Crippen LogP contribution >= 0.6 is 0 Å².